The third kappa shape index (κ3) is 5.62. The number of carboxylic acid groups (broad SMARTS) is 1. The van der Waals surface area contributed by atoms with Crippen LogP contribution in [0, 0.1) is 0 Å². The number of hydrogen-bond donors (Lipinski definition) is 2. The highest BCUT2D eigenvalue weighted by Crippen LogP contribution is 2.45. The second-order valence-corrected chi connectivity index (χ2v) is 9.06. The number of phenols is 1. The summed E-state index contributed by atoms with van der Waals surface area (Å²) < 4.78 is 10.6. The highest BCUT2D eigenvalue weighted by Gasteiger charge is 2.40. The molecule has 7 heteroatoms. The zero-order valence-corrected chi connectivity index (χ0v) is 20.4. The number of ether oxygens (including phenoxy) is 2. The summed E-state index contributed by atoms with van der Waals surface area (Å²) in [5, 5.41) is 20.4. The highest BCUT2D eigenvalue weighted by atomic mass is 16.5. The van der Waals surface area contributed by atoms with Crippen molar-refractivity contribution in [1.29, 1.82) is 0 Å². The van der Waals surface area contributed by atoms with Gasteiger partial charge < -0.3 is 24.6 Å². The van der Waals surface area contributed by atoms with Crippen LogP contribution in [0.15, 0.2) is 72.8 Å². The Morgan fingerprint density at radius 3 is 2.25 bits per heavy atom. The van der Waals surface area contributed by atoms with E-state index in [1.807, 2.05) is 54.6 Å². The molecular weight excluding hydrogens is 458 g/mol. The largest absolute Gasteiger partial charge is 0.508 e. The second-order valence-electron chi connectivity index (χ2n) is 9.06. The van der Waals surface area contributed by atoms with Crippen LogP contribution in [0.5, 0.6) is 11.5 Å². The predicted octanol–water partition coefficient (Wildman–Crippen LogP) is 4.79. The summed E-state index contributed by atoms with van der Waals surface area (Å²) in [6.45, 7) is 1.26. The maximum absolute atomic E-state index is 11.5. The molecule has 0 aromatic heterocycles. The number of hydrogen-bond acceptors (Lipinski definition) is 5. The number of methoxy groups -OCH3 is 1. The lowest BCUT2D eigenvalue weighted by atomic mass is 9.67. The molecule has 0 radical (unpaired) electrons. The van der Waals surface area contributed by atoms with Crippen LogP contribution in [-0.2, 0) is 27.8 Å². The molecule has 7 nitrogen and oxygen atoms in total. The van der Waals surface area contributed by atoms with Gasteiger partial charge in [0.1, 0.15) is 11.5 Å². The maximum Gasteiger partial charge on any atom is 0.407 e. The fraction of sp³-hybridized carbons (Fsp3) is 0.310. The molecule has 1 aliphatic rings. The van der Waals surface area contributed by atoms with Gasteiger partial charge in [0, 0.05) is 30.5 Å². The Balaban J connectivity index is 1.49. The standard InChI is InChI=1S/C29H31NO6/c1-35-27(32)20-21-7-10-24(11-8-21)36-18-13-22-9-12-26(31)25(19-22)29(23-5-3-2-4-6-23)14-16-30(17-15-29)28(33)34/h2-12,19,31H,13-18,20H2,1H3,(H,33,34). The molecule has 4 rings (SSSR count). The van der Waals surface area contributed by atoms with Gasteiger partial charge in [-0.2, -0.15) is 0 Å². The number of rotatable bonds is 8. The minimum atomic E-state index is -0.912. The number of phenolic OH excluding ortho intramolecular Hbond substituents is 1. The summed E-state index contributed by atoms with van der Waals surface area (Å²) in [4.78, 5) is 24.4. The van der Waals surface area contributed by atoms with E-state index >= 15 is 0 Å². The molecule has 3 aromatic rings. The topological polar surface area (TPSA) is 96.3 Å². The number of nitrogens with zero attached hydrogens (tertiary/aromatic N) is 1. The first-order valence-electron chi connectivity index (χ1n) is 12.1. The average molecular weight is 490 g/mol. The summed E-state index contributed by atoms with van der Waals surface area (Å²) in [5.74, 6) is 0.645. The number of aromatic hydroxyl groups is 1. The summed E-state index contributed by atoms with van der Waals surface area (Å²) in [5.41, 5.74) is 3.32. The zero-order valence-electron chi connectivity index (χ0n) is 20.4. The number of amides is 1. The van der Waals surface area contributed by atoms with Crippen LogP contribution in [0.2, 0.25) is 0 Å². The Kier molecular flexibility index (Phi) is 7.78. The number of carbonyl (C=O) groups excluding carboxylic acids is 1. The van der Waals surface area contributed by atoms with Crippen molar-refractivity contribution < 1.29 is 29.3 Å². The van der Waals surface area contributed by atoms with Crippen molar-refractivity contribution in [1.82, 2.24) is 4.90 Å². The summed E-state index contributed by atoms with van der Waals surface area (Å²) in [6.07, 6.45) is 1.14. The normalized spacial score (nSPS) is 14.8. The Hall–Kier alpha value is -4.00. The first-order chi connectivity index (χ1) is 17.4. The van der Waals surface area contributed by atoms with Crippen molar-refractivity contribution in [2.24, 2.45) is 0 Å². The van der Waals surface area contributed by atoms with Gasteiger partial charge >= 0.3 is 12.1 Å². The Labute approximate surface area is 210 Å². The number of likely N-dealkylation sites (tertiary alicyclic amines) is 1. The first-order valence-corrected chi connectivity index (χ1v) is 12.1. The molecule has 2 N–H and O–H groups in total. The van der Waals surface area contributed by atoms with E-state index in [4.69, 9.17) is 9.47 Å². The van der Waals surface area contributed by atoms with E-state index in [0.29, 0.717) is 44.7 Å². The molecule has 0 unspecified atom stereocenters. The number of benzene rings is 3. The fourth-order valence-electron chi connectivity index (χ4n) is 4.90. The lowest BCUT2D eigenvalue weighted by Crippen LogP contribution is -2.45. The minimum absolute atomic E-state index is 0.216. The Morgan fingerprint density at radius 2 is 1.61 bits per heavy atom. The number of esters is 1. The smallest absolute Gasteiger partial charge is 0.407 e. The molecule has 0 saturated carbocycles. The molecule has 1 fully saturated rings. The molecule has 1 heterocycles. The number of carbonyl (C=O) groups is 2. The van der Waals surface area contributed by atoms with Crippen molar-refractivity contribution >= 4 is 12.1 Å². The van der Waals surface area contributed by atoms with Crippen LogP contribution < -0.4 is 4.74 Å². The van der Waals surface area contributed by atoms with Crippen LogP contribution in [0.1, 0.15) is 35.1 Å². The molecule has 0 aliphatic carbocycles. The van der Waals surface area contributed by atoms with Gasteiger partial charge in [-0.05, 0) is 47.7 Å². The Morgan fingerprint density at radius 1 is 0.944 bits per heavy atom. The molecule has 0 atom stereocenters. The van der Waals surface area contributed by atoms with Crippen molar-refractivity contribution in [2.45, 2.75) is 31.1 Å². The van der Waals surface area contributed by atoms with Gasteiger partial charge in [0.25, 0.3) is 0 Å². The molecule has 1 saturated heterocycles. The van der Waals surface area contributed by atoms with E-state index in [0.717, 1.165) is 22.3 Å². The van der Waals surface area contributed by atoms with Gasteiger partial charge in [-0.3, -0.25) is 4.79 Å². The lowest BCUT2D eigenvalue weighted by Gasteiger charge is -2.42. The van der Waals surface area contributed by atoms with Gasteiger partial charge in [-0.1, -0.05) is 54.6 Å². The molecule has 1 aliphatic heterocycles. The van der Waals surface area contributed by atoms with Crippen molar-refractivity contribution in [3.63, 3.8) is 0 Å². The number of piperidine rings is 1. The van der Waals surface area contributed by atoms with E-state index in [2.05, 4.69) is 12.1 Å². The predicted molar refractivity (Wildman–Crippen MR) is 136 cm³/mol. The molecule has 1 amide bonds. The van der Waals surface area contributed by atoms with Crippen molar-refractivity contribution in [3.05, 3.63) is 95.1 Å². The van der Waals surface area contributed by atoms with Gasteiger partial charge in [0.05, 0.1) is 20.1 Å². The van der Waals surface area contributed by atoms with Crippen LogP contribution >= 0.6 is 0 Å². The minimum Gasteiger partial charge on any atom is -0.508 e. The molecule has 0 spiro atoms. The van der Waals surface area contributed by atoms with Crippen LogP contribution in [0.3, 0.4) is 0 Å². The Bertz CT molecular complexity index is 1180. The fourth-order valence-corrected chi connectivity index (χ4v) is 4.90. The van der Waals surface area contributed by atoms with Crippen molar-refractivity contribution in [2.75, 3.05) is 26.8 Å². The summed E-state index contributed by atoms with van der Waals surface area (Å²) in [6, 6.07) is 23.0. The van der Waals surface area contributed by atoms with E-state index in [9.17, 15) is 19.8 Å². The molecule has 36 heavy (non-hydrogen) atoms. The molecule has 0 bridgehead atoms. The first kappa shape index (κ1) is 25.1. The van der Waals surface area contributed by atoms with Gasteiger partial charge in [0.15, 0.2) is 0 Å². The summed E-state index contributed by atoms with van der Waals surface area (Å²) >= 11 is 0. The maximum atomic E-state index is 11.5. The quantitative estimate of drug-likeness (QED) is 0.442. The zero-order chi connectivity index (χ0) is 25.5. The van der Waals surface area contributed by atoms with Gasteiger partial charge in [-0.25, -0.2) is 4.79 Å². The van der Waals surface area contributed by atoms with Crippen LogP contribution in [0.4, 0.5) is 4.79 Å². The second kappa shape index (κ2) is 11.2. The molecular formula is C29H31NO6. The monoisotopic (exact) mass is 489 g/mol. The van der Waals surface area contributed by atoms with Gasteiger partial charge in [0.2, 0.25) is 0 Å². The van der Waals surface area contributed by atoms with E-state index in [1.165, 1.54) is 12.0 Å². The van der Waals surface area contributed by atoms with E-state index in [-0.39, 0.29) is 18.1 Å². The average Bonchev–Trinajstić information content (AvgIpc) is 2.91. The highest BCUT2D eigenvalue weighted by molar-refractivity contribution is 5.72. The van der Waals surface area contributed by atoms with Crippen LogP contribution in [-0.4, -0.2) is 54.0 Å². The SMILES string of the molecule is COC(=O)Cc1ccc(OCCc2ccc(O)c(C3(c4ccccc4)CCN(C(=O)O)CC3)c2)cc1. The van der Waals surface area contributed by atoms with Crippen molar-refractivity contribution in [3.8, 4) is 11.5 Å². The third-order valence-corrected chi connectivity index (χ3v) is 6.95. The lowest BCUT2D eigenvalue weighted by molar-refractivity contribution is -0.139. The third-order valence-electron chi connectivity index (χ3n) is 6.95. The molecule has 3 aromatic carbocycles. The van der Waals surface area contributed by atoms with E-state index < -0.39 is 11.5 Å². The van der Waals surface area contributed by atoms with E-state index in [1.54, 1.807) is 6.07 Å². The van der Waals surface area contributed by atoms with Gasteiger partial charge in [-0.15, -0.1) is 0 Å². The summed E-state index contributed by atoms with van der Waals surface area (Å²) in [7, 11) is 1.37. The van der Waals surface area contributed by atoms with Crippen LogP contribution in [0.25, 0.3) is 0 Å². The molecule has 188 valence electrons.